The third-order valence-corrected chi connectivity index (χ3v) is 3.08. The number of hydrogen-bond acceptors (Lipinski definition) is 2. The van der Waals surface area contributed by atoms with E-state index >= 15 is 0 Å². The van der Waals surface area contributed by atoms with Crippen molar-refractivity contribution in [2.45, 2.75) is 72.4 Å². The minimum absolute atomic E-state index is 0. The van der Waals surface area contributed by atoms with Gasteiger partial charge in [-0.1, -0.05) is 27.7 Å². The van der Waals surface area contributed by atoms with E-state index in [-0.39, 0.29) is 24.4 Å². The van der Waals surface area contributed by atoms with Gasteiger partial charge >= 0.3 is 0 Å². The van der Waals surface area contributed by atoms with E-state index in [1.807, 2.05) is 6.92 Å². The third-order valence-electron chi connectivity index (χ3n) is 3.08. The average molecular weight is 279 g/mol. The van der Waals surface area contributed by atoms with Gasteiger partial charge in [0.1, 0.15) is 0 Å². The van der Waals surface area contributed by atoms with Gasteiger partial charge in [0.05, 0.1) is 0 Å². The van der Waals surface area contributed by atoms with Gasteiger partial charge in [-0.25, -0.2) is 0 Å². The molecule has 1 unspecified atom stereocenters. The number of amides is 1. The van der Waals surface area contributed by atoms with Crippen LogP contribution >= 0.6 is 12.4 Å². The zero-order chi connectivity index (χ0) is 13.4. The topological polar surface area (TPSA) is 46.3 Å². The minimum atomic E-state index is 0. The highest BCUT2D eigenvalue weighted by atomic mass is 35.5. The SMILES string of the molecule is CCC(CC)N(CC(C)C)C(=O)CCC(C)N.Cl. The van der Waals surface area contributed by atoms with Crippen LogP contribution in [-0.2, 0) is 4.79 Å². The third kappa shape index (κ3) is 7.93. The lowest BCUT2D eigenvalue weighted by Gasteiger charge is -2.32. The fraction of sp³-hybridized carbons (Fsp3) is 0.929. The molecule has 0 fully saturated rings. The first-order valence-corrected chi connectivity index (χ1v) is 6.97. The molecule has 3 nitrogen and oxygen atoms in total. The van der Waals surface area contributed by atoms with Crippen LogP contribution in [0.15, 0.2) is 0 Å². The van der Waals surface area contributed by atoms with E-state index in [2.05, 4.69) is 32.6 Å². The Bertz CT molecular complexity index is 216. The van der Waals surface area contributed by atoms with Crippen LogP contribution in [0.25, 0.3) is 0 Å². The lowest BCUT2D eigenvalue weighted by atomic mass is 10.1. The Kier molecular flexibility index (Phi) is 11.8. The second-order valence-electron chi connectivity index (χ2n) is 5.43. The Balaban J connectivity index is 0. The first kappa shape index (κ1) is 20.0. The van der Waals surface area contributed by atoms with Gasteiger partial charge in [0, 0.05) is 25.0 Å². The summed E-state index contributed by atoms with van der Waals surface area (Å²) in [6.07, 6.45) is 3.44. The van der Waals surface area contributed by atoms with E-state index in [1.165, 1.54) is 0 Å². The van der Waals surface area contributed by atoms with Crippen LogP contribution in [0, 0.1) is 5.92 Å². The van der Waals surface area contributed by atoms with E-state index in [4.69, 9.17) is 5.73 Å². The summed E-state index contributed by atoms with van der Waals surface area (Å²) in [5.74, 6) is 0.791. The molecule has 0 heterocycles. The fourth-order valence-electron chi connectivity index (χ4n) is 2.07. The van der Waals surface area contributed by atoms with Crippen molar-refractivity contribution in [3.8, 4) is 0 Å². The van der Waals surface area contributed by atoms with E-state index in [0.29, 0.717) is 18.4 Å². The summed E-state index contributed by atoms with van der Waals surface area (Å²) in [5, 5.41) is 0. The molecule has 4 heteroatoms. The van der Waals surface area contributed by atoms with Crippen molar-refractivity contribution in [1.82, 2.24) is 4.90 Å². The van der Waals surface area contributed by atoms with Crippen molar-refractivity contribution in [2.24, 2.45) is 11.7 Å². The number of carbonyl (C=O) groups excluding carboxylic acids is 1. The quantitative estimate of drug-likeness (QED) is 0.741. The van der Waals surface area contributed by atoms with Gasteiger partial charge < -0.3 is 10.6 Å². The molecule has 0 saturated heterocycles. The Hall–Kier alpha value is -0.280. The molecule has 1 atom stereocenters. The second kappa shape index (κ2) is 10.6. The van der Waals surface area contributed by atoms with Crippen molar-refractivity contribution < 1.29 is 4.79 Å². The number of halogens is 1. The van der Waals surface area contributed by atoms with Crippen molar-refractivity contribution in [3.05, 3.63) is 0 Å². The highest BCUT2D eigenvalue weighted by Gasteiger charge is 2.21. The average Bonchev–Trinajstić information content (AvgIpc) is 2.25. The highest BCUT2D eigenvalue weighted by Crippen LogP contribution is 2.14. The molecular formula is C14H31ClN2O. The van der Waals surface area contributed by atoms with E-state index < -0.39 is 0 Å². The normalized spacial score (nSPS) is 12.4. The smallest absolute Gasteiger partial charge is 0.222 e. The predicted octanol–water partition coefficient (Wildman–Crippen LogP) is 3.21. The molecule has 0 spiro atoms. The Morgan fingerprint density at radius 3 is 2.00 bits per heavy atom. The molecule has 0 aliphatic rings. The minimum Gasteiger partial charge on any atom is -0.339 e. The molecule has 0 rings (SSSR count). The van der Waals surface area contributed by atoms with Crippen LogP contribution in [0.2, 0.25) is 0 Å². The number of nitrogens with zero attached hydrogens (tertiary/aromatic N) is 1. The molecule has 0 bridgehead atoms. The maximum atomic E-state index is 12.2. The summed E-state index contributed by atoms with van der Waals surface area (Å²) in [6, 6.07) is 0.500. The molecule has 110 valence electrons. The van der Waals surface area contributed by atoms with Gasteiger partial charge in [-0.15, -0.1) is 12.4 Å². The summed E-state index contributed by atoms with van der Waals surface area (Å²) in [7, 11) is 0. The molecule has 0 aliphatic heterocycles. The Labute approximate surface area is 119 Å². The molecule has 2 N–H and O–H groups in total. The van der Waals surface area contributed by atoms with Crippen molar-refractivity contribution in [2.75, 3.05) is 6.54 Å². The summed E-state index contributed by atoms with van der Waals surface area (Å²) in [5.41, 5.74) is 5.71. The Morgan fingerprint density at radius 1 is 1.17 bits per heavy atom. The number of carbonyl (C=O) groups is 1. The number of rotatable bonds is 8. The summed E-state index contributed by atoms with van der Waals surface area (Å²) in [4.78, 5) is 14.3. The van der Waals surface area contributed by atoms with Gasteiger partial charge in [0.25, 0.3) is 0 Å². The van der Waals surface area contributed by atoms with Crippen LogP contribution in [-0.4, -0.2) is 29.4 Å². The van der Waals surface area contributed by atoms with Crippen molar-refractivity contribution in [3.63, 3.8) is 0 Å². The molecule has 0 saturated carbocycles. The standard InChI is InChI=1S/C14H30N2O.ClH/c1-6-13(7-2)16(10-11(3)4)14(17)9-8-12(5)15;/h11-13H,6-10,15H2,1-5H3;1H. The zero-order valence-electron chi connectivity index (χ0n) is 12.6. The highest BCUT2D eigenvalue weighted by molar-refractivity contribution is 5.85. The van der Waals surface area contributed by atoms with E-state index in [9.17, 15) is 4.79 Å². The van der Waals surface area contributed by atoms with Gasteiger partial charge in [-0.05, 0) is 32.1 Å². The molecule has 1 amide bonds. The van der Waals surface area contributed by atoms with Crippen molar-refractivity contribution >= 4 is 18.3 Å². The molecule has 0 aromatic carbocycles. The first-order chi connectivity index (χ1) is 7.92. The maximum Gasteiger partial charge on any atom is 0.222 e. The monoisotopic (exact) mass is 278 g/mol. The second-order valence-corrected chi connectivity index (χ2v) is 5.43. The van der Waals surface area contributed by atoms with Crippen molar-refractivity contribution in [1.29, 1.82) is 0 Å². The van der Waals surface area contributed by atoms with Gasteiger partial charge in [0.2, 0.25) is 5.91 Å². The molecule has 0 aliphatic carbocycles. The largest absolute Gasteiger partial charge is 0.339 e. The lowest BCUT2D eigenvalue weighted by molar-refractivity contribution is -0.134. The van der Waals surface area contributed by atoms with E-state index in [1.54, 1.807) is 0 Å². The molecule has 0 aromatic rings. The summed E-state index contributed by atoms with van der Waals surface area (Å²) in [6.45, 7) is 11.4. The van der Waals surface area contributed by atoms with Crippen LogP contribution in [0.1, 0.15) is 60.3 Å². The first-order valence-electron chi connectivity index (χ1n) is 6.97. The summed E-state index contributed by atoms with van der Waals surface area (Å²) >= 11 is 0. The summed E-state index contributed by atoms with van der Waals surface area (Å²) < 4.78 is 0. The molecule has 0 aromatic heterocycles. The van der Waals surface area contributed by atoms with Gasteiger partial charge in [-0.3, -0.25) is 4.79 Å². The van der Waals surface area contributed by atoms with Crippen LogP contribution < -0.4 is 5.73 Å². The zero-order valence-corrected chi connectivity index (χ0v) is 13.4. The van der Waals surface area contributed by atoms with Crippen LogP contribution in [0.5, 0.6) is 0 Å². The molecule has 0 radical (unpaired) electrons. The van der Waals surface area contributed by atoms with E-state index in [0.717, 1.165) is 25.8 Å². The Morgan fingerprint density at radius 2 is 1.67 bits per heavy atom. The predicted molar refractivity (Wildman–Crippen MR) is 81.1 cm³/mol. The van der Waals surface area contributed by atoms with Gasteiger partial charge in [0.15, 0.2) is 0 Å². The number of hydrogen-bond donors (Lipinski definition) is 1. The van der Waals surface area contributed by atoms with Crippen LogP contribution in [0.4, 0.5) is 0 Å². The maximum absolute atomic E-state index is 12.2. The lowest BCUT2D eigenvalue weighted by Crippen LogP contribution is -2.42. The molecular weight excluding hydrogens is 248 g/mol. The van der Waals surface area contributed by atoms with Crippen LogP contribution in [0.3, 0.4) is 0 Å². The molecule has 18 heavy (non-hydrogen) atoms. The van der Waals surface area contributed by atoms with Gasteiger partial charge in [-0.2, -0.15) is 0 Å². The fourth-order valence-corrected chi connectivity index (χ4v) is 2.07. The number of nitrogens with two attached hydrogens (primary N) is 1.